The van der Waals surface area contributed by atoms with Crippen molar-refractivity contribution in [2.75, 3.05) is 66.4 Å². The standard InChI is InChI=1S/C12H25NO6.Na.H/c1-13-3-5-17-7-9-19-11-10-18-8-6-16-4-2-12(14)15;;/h13H,2-11H2,1H3,(H,14,15);;/q;+1;-1. The maximum atomic E-state index is 10.2. The third-order valence-corrected chi connectivity index (χ3v) is 2.07. The predicted molar refractivity (Wildman–Crippen MR) is 70.6 cm³/mol. The van der Waals surface area contributed by atoms with Crippen molar-refractivity contribution in [3.63, 3.8) is 0 Å². The second-order valence-electron chi connectivity index (χ2n) is 3.70. The van der Waals surface area contributed by atoms with Crippen molar-refractivity contribution in [2.45, 2.75) is 6.42 Å². The fourth-order valence-electron chi connectivity index (χ4n) is 1.10. The van der Waals surface area contributed by atoms with Crippen LogP contribution in [-0.2, 0) is 23.7 Å². The number of nitrogens with one attached hydrogen (secondary N) is 1. The van der Waals surface area contributed by atoms with Gasteiger partial charge in [0.05, 0.1) is 59.3 Å². The maximum absolute atomic E-state index is 10.2. The third-order valence-electron chi connectivity index (χ3n) is 2.07. The van der Waals surface area contributed by atoms with Crippen molar-refractivity contribution in [2.24, 2.45) is 0 Å². The van der Waals surface area contributed by atoms with E-state index < -0.39 is 5.97 Å². The van der Waals surface area contributed by atoms with Gasteiger partial charge in [-0.15, -0.1) is 0 Å². The number of hydrogen-bond donors (Lipinski definition) is 2. The Labute approximate surface area is 144 Å². The summed E-state index contributed by atoms with van der Waals surface area (Å²) in [6, 6.07) is 0. The molecule has 8 heteroatoms. The van der Waals surface area contributed by atoms with E-state index in [2.05, 4.69) is 5.32 Å². The van der Waals surface area contributed by atoms with E-state index >= 15 is 0 Å². The Kier molecular flexibility index (Phi) is 21.7. The summed E-state index contributed by atoms with van der Waals surface area (Å²) in [6.07, 6.45) is 0.0245. The maximum Gasteiger partial charge on any atom is 1.00 e. The second-order valence-corrected chi connectivity index (χ2v) is 3.70. The molecule has 0 saturated carbocycles. The quantitative estimate of drug-likeness (QED) is 0.244. The number of aliphatic carboxylic acids is 1. The fraction of sp³-hybridized carbons (Fsp3) is 0.917. The molecule has 0 aromatic carbocycles. The average Bonchev–Trinajstić information content (AvgIpc) is 2.39. The first-order valence-electron chi connectivity index (χ1n) is 6.44. The minimum Gasteiger partial charge on any atom is -1.00 e. The number of carbonyl (C=O) groups is 1. The molecule has 116 valence electrons. The van der Waals surface area contributed by atoms with Gasteiger partial charge in [0.1, 0.15) is 0 Å². The van der Waals surface area contributed by atoms with Crippen molar-refractivity contribution in [1.29, 1.82) is 0 Å². The Bertz CT molecular complexity index is 214. The summed E-state index contributed by atoms with van der Waals surface area (Å²) in [5, 5.41) is 11.3. The van der Waals surface area contributed by atoms with E-state index in [0.717, 1.165) is 6.54 Å². The minimum atomic E-state index is -0.855. The summed E-state index contributed by atoms with van der Waals surface area (Å²) in [7, 11) is 1.88. The molecular formula is C12H26NNaO6. The van der Waals surface area contributed by atoms with Gasteiger partial charge >= 0.3 is 35.5 Å². The SMILES string of the molecule is CNCCOCCOCCOCCOCCC(=O)O.[H-].[Na+]. The van der Waals surface area contributed by atoms with Crippen LogP contribution in [0.5, 0.6) is 0 Å². The molecule has 2 N–H and O–H groups in total. The van der Waals surface area contributed by atoms with Gasteiger partial charge in [0.2, 0.25) is 0 Å². The molecule has 0 aliphatic heterocycles. The van der Waals surface area contributed by atoms with Crippen molar-refractivity contribution >= 4 is 5.97 Å². The topological polar surface area (TPSA) is 86.3 Å². The Morgan fingerprint density at radius 1 is 0.900 bits per heavy atom. The fourth-order valence-corrected chi connectivity index (χ4v) is 1.10. The van der Waals surface area contributed by atoms with Crippen LogP contribution in [0.15, 0.2) is 0 Å². The van der Waals surface area contributed by atoms with Crippen LogP contribution in [0.4, 0.5) is 0 Å². The smallest absolute Gasteiger partial charge is 1.00 e. The number of likely N-dealkylation sites (N-methyl/N-ethyl adjacent to an activating group) is 1. The molecule has 7 nitrogen and oxygen atoms in total. The van der Waals surface area contributed by atoms with Crippen LogP contribution in [-0.4, -0.2) is 77.5 Å². The van der Waals surface area contributed by atoms with Crippen LogP contribution in [0.25, 0.3) is 0 Å². The van der Waals surface area contributed by atoms with E-state index in [1.807, 2.05) is 7.05 Å². The van der Waals surface area contributed by atoms with Crippen molar-refractivity contribution < 1.29 is 59.8 Å². The van der Waals surface area contributed by atoms with Crippen LogP contribution < -0.4 is 34.9 Å². The molecule has 20 heavy (non-hydrogen) atoms. The van der Waals surface area contributed by atoms with E-state index in [1.54, 1.807) is 0 Å². The zero-order valence-corrected chi connectivity index (χ0v) is 14.6. The molecule has 0 radical (unpaired) electrons. The first-order valence-corrected chi connectivity index (χ1v) is 6.44. The predicted octanol–water partition coefficient (Wildman–Crippen LogP) is -3.14. The van der Waals surface area contributed by atoms with Gasteiger partial charge in [0, 0.05) is 6.54 Å². The third kappa shape index (κ3) is 20.6. The molecule has 0 spiro atoms. The average molecular weight is 303 g/mol. The molecule has 0 fully saturated rings. The van der Waals surface area contributed by atoms with Gasteiger partial charge < -0.3 is 30.8 Å². The van der Waals surface area contributed by atoms with Gasteiger partial charge in [-0.1, -0.05) is 0 Å². The number of hydrogen-bond acceptors (Lipinski definition) is 6. The van der Waals surface area contributed by atoms with Crippen molar-refractivity contribution in [3.8, 4) is 0 Å². The van der Waals surface area contributed by atoms with E-state index in [4.69, 9.17) is 24.1 Å². The second kappa shape index (κ2) is 19.3. The summed E-state index contributed by atoms with van der Waals surface area (Å²) in [6.45, 7) is 4.75. The zero-order valence-electron chi connectivity index (χ0n) is 13.6. The van der Waals surface area contributed by atoms with E-state index in [-0.39, 0.29) is 44.0 Å². The largest absolute Gasteiger partial charge is 1.00 e. The van der Waals surface area contributed by atoms with E-state index in [9.17, 15) is 4.79 Å². The molecule has 0 bridgehead atoms. The first kappa shape index (κ1) is 22.5. The molecule has 0 atom stereocenters. The number of carboxylic acids is 1. The van der Waals surface area contributed by atoms with E-state index in [1.165, 1.54) is 0 Å². The summed E-state index contributed by atoms with van der Waals surface area (Å²) in [5.74, 6) is -0.855. The monoisotopic (exact) mass is 303 g/mol. The molecule has 0 saturated heterocycles. The molecule has 0 aromatic rings. The number of rotatable bonds is 15. The van der Waals surface area contributed by atoms with Gasteiger partial charge in [0.25, 0.3) is 0 Å². The Hall–Kier alpha value is 0.270. The molecule has 0 aromatic heterocycles. The van der Waals surface area contributed by atoms with E-state index in [0.29, 0.717) is 46.2 Å². The van der Waals surface area contributed by atoms with Crippen LogP contribution in [0.2, 0.25) is 0 Å². The summed E-state index contributed by atoms with van der Waals surface area (Å²) < 4.78 is 20.8. The summed E-state index contributed by atoms with van der Waals surface area (Å²) in [5.41, 5.74) is 0. The number of ether oxygens (including phenoxy) is 4. The summed E-state index contributed by atoms with van der Waals surface area (Å²) in [4.78, 5) is 10.2. The van der Waals surface area contributed by atoms with Gasteiger partial charge in [-0.2, -0.15) is 0 Å². The van der Waals surface area contributed by atoms with Crippen LogP contribution in [0.1, 0.15) is 7.85 Å². The van der Waals surface area contributed by atoms with Gasteiger partial charge in [0.15, 0.2) is 0 Å². The molecule has 0 aliphatic rings. The molecule has 0 amide bonds. The molecule has 0 unspecified atom stereocenters. The van der Waals surface area contributed by atoms with Crippen LogP contribution in [0.3, 0.4) is 0 Å². The normalized spacial score (nSPS) is 10.2. The minimum absolute atomic E-state index is 0. The number of carboxylic acid groups (broad SMARTS) is 1. The van der Waals surface area contributed by atoms with Gasteiger partial charge in [-0.05, 0) is 7.05 Å². The molecule has 0 aliphatic carbocycles. The van der Waals surface area contributed by atoms with Crippen molar-refractivity contribution in [3.05, 3.63) is 0 Å². The zero-order chi connectivity index (χ0) is 14.2. The first-order chi connectivity index (χ1) is 9.27. The van der Waals surface area contributed by atoms with Gasteiger partial charge in [-0.25, -0.2) is 0 Å². The summed E-state index contributed by atoms with van der Waals surface area (Å²) >= 11 is 0. The Morgan fingerprint density at radius 2 is 1.30 bits per heavy atom. The molecule has 0 rings (SSSR count). The van der Waals surface area contributed by atoms with Crippen molar-refractivity contribution in [1.82, 2.24) is 5.32 Å². The van der Waals surface area contributed by atoms with Gasteiger partial charge in [-0.3, -0.25) is 4.79 Å². The van der Waals surface area contributed by atoms with Crippen LogP contribution in [0, 0.1) is 0 Å². The Morgan fingerprint density at radius 3 is 1.70 bits per heavy atom. The Balaban J connectivity index is -0.00000162. The van der Waals surface area contributed by atoms with Crippen LogP contribution >= 0.6 is 0 Å². The molecule has 0 heterocycles. The molecular weight excluding hydrogens is 277 g/mol.